The molecule has 10 heteroatoms. The van der Waals surface area contributed by atoms with Gasteiger partial charge in [0.2, 0.25) is 0 Å². The topological polar surface area (TPSA) is 67.6 Å². The van der Waals surface area contributed by atoms with Crippen molar-refractivity contribution in [2.45, 2.75) is 45.4 Å². The van der Waals surface area contributed by atoms with E-state index in [0.29, 0.717) is 35.0 Å². The summed E-state index contributed by atoms with van der Waals surface area (Å²) >= 11 is 0. The molecule has 34 heavy (non-hydrogen) atoms. The van der Waals surface area contributed by atoms with E-state index in [4.69, 9.17) is 4.74 Å². The van der Waals surface area contributed by atoms with Crippen molar-refractivity contribution in [3.8, 4) is 17.1 Å². The fourth-order valence-electron chi connectivity index (χ4n) is 4.68. The molecule has 4 aliphatic heterocycles. The van der Waals surface area contributed by atoms with Crippen LogP contribution in [-0.2, 0) is 6.54 Å². The molecule has 1 aromatic carbocycles. The Morgan fingerprint density at radius 3 is 2.74 bits per heavy atom. The average Bonchev–Trinajstić information content (AvgIpc) is 3.43. The van der Waals surface area contributed by atoms with Gasteiger partial charge in [-0.05, 0) is 33.4 Å². The zero-order chi connectivity index (χ0) is 24.0. The number of benzene rings is 1. The number of fused-ring (bicyclic) bond motifs is 3. The zero-order valence-corrected chi connectivity index (χ0v) is 19.4. The van der Waals surface area contributed by atoms with Gasteiger partial charge in [0.1, 0.15) is 23.6 Å². The van der Waals surface area contributed by atoms with E-state index >= 15 is 0 Å². The molecule has 1 aromatic rings. The molecule has 4 heterocycles. The quantitative estimate of drug-likeness (QED) is 0.609. The van der Waals surface area contributed by atoms with Crippen molar-refractivity contribution in [3.63, 3.8) is 0 Å². The lowest BCUT2D eigenvalue weighted by Crippen LogP contribution is -2.24. The number of hydrogen-bond donors (Lipinski definition) is 1. The first-order valence-corrected chi connectivity index (χ1v) is 11.4. The molecule has 1 N–H and O–H groups in total. The van der Waals surface area contributed by atoms with Crippen LogP contribution in [0.4, 0.5) is 19.0 Å². The van der Waals surface area contributed by atoms with E-state index in [1.165, 1.54) is 12.1 Å². The molecule has 4 aliphatic rings. The third-order valence-electron chi connectivity index (χ3n) is 6.38. The number of hydrogen-bond acceptors (Lipinski definition) is 6. The van der Waals surface area contributed by atoms with Gasteiger partial charge in [0.15, 0.2) is 17.1 Å². The minimum Gasteiger partial charge on any atom is -0.485 e. The highest BCUT2D eigenvalue weighted by molar-refractivity contribution is 5.68. The summed E-state index contributed by atoms with van der Waals surface area (Å²) in [5.41, 5.74) is 0.534. The van der Waals surface area contributed by atoms with Crippen LogP contribution < -0.4 is 15.5 Å². The largest absolute Gasteiger partial charge is 0.485 e. The molecular weight excluding hydrogens is 445 g/mol. The zero-order valence-electron chi connectivity index (χ0n) is 19.4. The van der Waals surface area contributed by atoms with Crippen LogP contribution in [0.5, 0.6) is 5.75 Å². The van der Waals surface area contributed by atoms with E-state index in [-0.39, 0.29) is 11.7 Å². The number of nitrogens with zero attached hydrogens (tertiary/aromatic N) is 5. The van der Waals surface area contributed by atoms with E-state index in [1.54, 1.807) is 13.8 Å². The molecule has 180 valence electrons. The van der Waals surface area contributed by atoms with Gasteiger partial charge in [-0.15, -0.1) is 0 Å². The van der Waals surface area contributed by atoms with Crippen LogP contribution in [0.3, 0.4) is 0 Å². The minimum absolute atomic E-state index is 0.0754. The first-order chi connectivity index (χ1) is 16.3. The minimum atomic E-state index is -2.89. The Morgan fingerprint density at radius 1 is 1.21 bits per heavy atom. The number of nitrogens with one attached hydrogen (secondary N) is 1. The number of likely N-dealkylation sites (tertiary alicyclic amines) is 1. The van der Waals surface area contributed by atoms with Gasteiger partial charge < -0.3 is 19.5 Å². The molecule has 0 spiro atoms. The Bertz CT molecular complexity index is 1260. The summed E-state index contributed by atoms with van der Waals surface area (Å²) < 4.78 is 49.6. The van der Waals surface area contributed by atoms with E-state index in [2.05, 4.69) is 36.8 Å². The Balaban J connectivity index is 1.62. The van der Waals surface area contributed by atoms with E-state index in [1.807, 2.05) is 6.07 Å². The SMILES string of the molecule is Cc1nc2n3c(c(O[C@H]4CCN(C)C4)cc-2c(=N[C@H](C)c2cccc(C(F)F)c2F)n1)NCC3. The van der Waals surface area contributed by atoms with E-state index < -0.39 is 23.8 Å². The molecule has 2 atom stereocenters. The lowest BCUT2D eigenvalue weighted by atomic mass is 10.0. The highest BCUT2D eigenvalue weighted by Gasteiger charge is 2.28. The molecular formula is C24H27F3N6O. The maximum absolute atomic E-state index is 14.8. The average molecular weight is 473 g/mol. The van der Waals surface area contributed by atoms with Crippen LogP contribution >= 0.6 is 0 Å². The van der Waals surface area contributed by atoms with Crippen LogP contribution in [0.1, 0.15) is 42.8 Å². The summed E-state index contributed by atoms with van der Waals surface area (Å²) in [5.74, 6) is 1.87. The van der Waals surface area contributed by atoms with Crippen LogP contribution in [0.25, 0.3) is 11.4 Å². The Labute approximate surface area is 195 Å². The molecule has 1 fully saturated rings. The van der Waals surface area contributed by atoms with Crippen LogP contribution in [-0.4, -0.2) is 52.2 Å². The molecule has 1 saturated heterocycles. The molecule has 0 aliphatic carbocycles. The van der Waals surface area contributed by atoms with Gasteiger partial charge in [0, 0.05) is 31.7 Å². The van der Waals surface area contributed by atoms with Crippen LogP contribution in [0.2, 0.25) is 0 Å². The maximum atomic E-state index is 14.8. The molecule has 7 nitrogen and oxygen atoms in total. The molecule has 0 radical (unpaired) electrons. The van der Waals surface area contributed by atoms with E-state index in [0.717, 1.165) is 37.9 Å². The van der Waals surface area contributed by atoms with E-state index in [9.17, 15) is 13.2 Å². The monoisotopic (exact) mass is 472 g/mol. The Hall–Kier alpha value is -3.14. The molecule has 0 saturated carbocycles. The standard InChI is InChI=1S/C24H27F3N6O/c1-13(16-5-4-6-17(20(16)25)21(26)27)29-22-18-11-19(34-15-7-9-32(3)12-15)24-28-8-10-33(24)23(18)31-14(2)30-22/h4-6,11,13,15,21,28H,7-10,12H2,1-3H3/t13-,15+/m1/s1. The van der Waals surface area contributed by atoms with Gasteiger partial charge in [-0.1, -0.05) is 18.2 Å². The summed E-state index contributed by atoms with van der Waals surface area (Å²) in [7, 11) is 2.07. The van der Waals surface area contributed by atoms with Gasteiger partial charge >= 0.3 is 0 Å². The van der Waals surface area contributed by atoms with Gasteiger partial charge in [0.05, 0.1) is 17.2 Å². The van der Waals surface area contributed by atoms with Crippen molar-refractivity contribution < 1.29 is 17.9 Å². The summed E-state index contributed by atoms with van der Waals surface area (Å²) in [6, 6.07) is 5.16. The second-order valence-corrected chi connectivity index (χ2v) is 8.91. The first kappa shape index (κ1) is 22.6. The Morgan fingerprint density at radius 2 is 2.00 bits per heavy atom. The molecule has 0 aromatic heterocycles. The maximum Gasteiger partial charge on any atom is 0.266 e. The predicted molar refractivity (Wildman–Crippen MR) is 122 cm³/mol. The first-order valence-electron chi connectivity index (χ1n) is 11.4. The van der Waals surface area contributed by atoms with Crippen molar-refractivity contribution in [1.82, 2.24) is 19.4 Å². The summed E-state index contributed by atoms with van der Waals surface area (Å²) in [6.07, 6.45) is -1.88. The predicted octanol–water partition coefficient (Wildman–Crippen LogP) is 3.94. The molecule has 5 rings (SSSR count). The number of likely N-dealkylation sites (N-methyl/N-ethyl adjacent to an activating group) is 1. The van der Waals surface area contributed by atoms with Gasteiger partial charge in [0.25, 0.3) is 6.43 Å². The number of aryl methyl sites for hydroxylation is 1. The number of alkyl halides is 2. The van der Waals surface area contributed by atoms with Gasteiger partial charge in [-0.25, -0.2) is 23.1 Å². The third kappa shape index (κ3) is 4.11. The highest BCUT2D eigenvalue weighted by atomic mass is 19.3. The van der Waals surface area contributed by atoms with Crippen molar-refractivity contribution in [2.75, 3.05) is 32.0 Å². The van der Waals surface area contributed by atoms with Gasteiger partial charge in [-0.2, -0.15) is 0 Å². The number of rotatable bonds is 5. The van der Waals surface area contributed by atoms with Crippen LogP contribution in [0, 0.1) is 12.7 Å². The lowest BCUT2D eigenvalue weighted by Gasteiger charge is -2.21. The number of anilines is 1. The molecule has 0 bridgehead atoms. The molecule has 0 unspecified atom stereocenters. The van der Waals surface area contributed by atoms with Crippen molar-refractivity contribution in [2.24, 2.45) is 4.99 Å². The highest BCUT2D eigenvalue weighted by Crippen LogP contribution is 2.36. The van der Waals surface area contributed by atoms with Gasteiger partial charge in [-0.3, -0.25) is 4.99 Å². The number of halogens is 3. The number of ether oxygens (including phenoxy) is 1. The van der Waals surface area contributed by atoms with Crippen molar-refractivity contribution in [3.05, 3.63) is 52.5 Å². The summed E-state index contributed by atoms with van der Waals surface area (Å²) in [4.78, 5) is 16.0. The van der Waals surface area contributed by atoms with Crippen molar-refractivity contribution >= 4 is 5.82 Å². The fraction of sp³-hybridized carbons (Fsp3) is 0.458. The fourth-order valence-corrected chi connectivity index (χ4v) is 4.68. The number of aromatic nitrogens is 3. The number of pyridine rings is 1. The second-order valence-electron chi connectivity index (χ2n) is 8.91. The molecule has 0 amide bonds. The smallest absolute Gasteiger partial charge is 0.266 e. The summed E-state index contributed by atoms with van der Waals surface area (Å²) in [6.45, 7) is 6.72. The third-order valence-corrected chi connectivity index (χ3v) is 6.38. The Kier molecular flexibility index (Phi) is 5.93. The van der Waals surface area contributed by atoms with Crippen LogP contribution in [0.15, 0.2) is 29.3 Å². The second kappa shape index (κ2) is 8.90. The van der Waals surface area contributed by atoms with Crippen molar-refractivity contribution in [1.29, 1.82) is 0 Å². The summed E-state index contributed by atoms with van der Waals surface area (Å²) in [5, 5.41) is 3.39. The normalized spacial score (nSPS) is 19.6. The lowest BCUT2D eigenvalue weighted by molar-refractivity contribution is 0.146.